The molecule has 0 saturated carbocycles. The number of aliphatic hydroxyl groups excluding tert-OH is 1. The normalized spacial score (nSPS) is 11.1. The Hall–Kier alpha value is -1.58. The highest BCUT2D eigenvalue weighted by Gasteiger charge is 2.01. The summed E-state index contributed by atoms with van der Waals surface area (Å²) >= 11 is 0. The Bertz CT molecular complexity index is 511. The highest BCUT2D eigenvalue weighted by Crippen LogP contribution is 2.22. The maximum absolute atomic E-state index is 8.99. The van der Waals surface area contributed by atoms with Crippen molar-refractivity contribution in [3.63, 3.8) is 0 Å². The minimum Gasteiger partial charge on any atom is -0.497 e. The van der Waals surface area contributed by atoms with E-state index in [4.69, 9.17) is 9.84 Å². The third-order valence-corrected chi connectivity index (χ3v) is 2.81. The second kappa shape index (κ2) is 5.17. The van der Waals surface area contributed by atoms with Gasteiger partial charge in [-0.25, -0.2) is 0 Å². The van der Waals surface area contributed by atoms with E-state index in [0.717, 1.165) is 12.3 Å². The number of fused-ring (bicyclic) bond motifs is 1. The quantitative estimate of drug-likeness (QED) is 0.819. The lowest BCUT2D eigenvalue weighted by atomic mass is 10.1. The molecule has 90 valence electrons. The summed E-state index contributed by atoms with van der Waals surface area (Å²) in [5, 5.41) is 11.3. The summed E-state index contributed by atoms with van der Waals surface area (Å²) in [5.41, 5.74) is 1.19. The van der Waals surface area contributed by atoms with Gasteiger partial charge in [0.2, 0.25) is 0 Å². The second-order valence-corrected chi connectivity index (χ2v) is 4.20. The van der Waals surface area contributed by atoms with Gasteiger partial charge in [0, 0.05) is 6.54 Å². The lowest BCUT2D eigenvalue weighted by molar-refractivity contribution is 0.127. The standard InChI is InChI=1S/C14H17NO2/c1-15(10-16)9-11-3-4-13-8-14(17-2)6-5-12(13)7-11/h3-8,16H,9-10H2,1-2H3. The molecular weight excluding hydrogens is 214 g/mol. The Kier molecular flexibility index (Phi) is 3.61. The van der Waals surface area contributed by atoms with Crippen molar-refractivity contribution in [2.24, 2.45) is 0 Å². The molecule has 2 rings (SSSR count). The molecule has 0 heterocycles. The van der Waals surface area contributed by atoms with E-state index in [1.54, 1.807) is 7.11 Å². The first-order valence-electron chi connectivity index (χ1n) is 5.59. The number of nitrogens with zero attached hydrogens (tertiary/aromatic N) is 1. The molecule has 2 aromatic carbocycles. The first-order chi connectivity index (χ1) is 8.22. The van der Waals surface area contributed by atoms with Crippen molar-refractivity contribution in [3.05, 3.63) is 42.0 Å². The molecule has 2 aromatic rings. The van der Waals surface area contributed by atoms with E-state index in [2.05, 4.69) is 24.3 Å². The molecule has 0 fully saturated rings. The molecule has 0 aromatic heterocycles. The van der Waals surface area contributed by atoms with E-state index < -0.39 is 0 Å². The smallest absolute Gasteiger partial charge is 0.119 e. The Morgan fingerprint density at radius 3 is 2.53 bits per heavy atom. The molecule has 0 unspecified atom stereocenters. The summed E-state index contributed by atoms with van der Waals surface area (Å²) in [6.45, 7) is 0.819. The molecular formula is C14H17NO2. The number of aliphatic hydroxyl groups is 1. The van der Waals surface area contributed by atoms with Gasteiger partial charge in [-0.2, -0.15) is 0 Å². The average Bonchev–Trinajstić information content (AvgIpc) is 2.38. The molecule has 1 N–H and O–H groups in total. The largest absolute Gasteiger partial charge is 0.497 e. The lowest BCUT2D eigenvalue weighted by Crippen LogP contribution is -2.18. The van der Waals surface area contributed by atoms with Crippen molar-refractivity contribution in [3.8, 4) is 5.75 Å². The maximum atomic E-state index is 8.99. The molecule has 0 radical (unpaired) electrons. The second-order valence-electron chi connectivity index (χ2n) is 4.20. The van der Waals surface area contributed by atoms with Crippen LogP contribution in [0.25, 0.3) is 10.8 Å². The molecule has 0 saturated heterocycles. The zero-order valence-corrected chi connectivity index (χ0v) is 10.2. The SMILES string of the molecule is COc1ccc2cc(CN(C)CO)ccc2c1. The number of benzene rings is 2. The first-order valence-corrected chi connectivity index (χ1v) is 5.59. The Balaban J connectivity index is 2.31. The van der Waals surface area contributed by atoms with Crippen LogP contribution in [0.3, 0.4) is 0 Å². The zero-order valence-electron chi connectivity index (χ0n) is 10.2. The Morgan fingerprint density at radius 2 is 1.82 bits per heavy atom. The fourth-order valence-corrected chi connectivity index (χ4v) is 1.86. The van der Waals surface area contributed by atoms with Gasteiger partial charge in [0.05, 0.1) is 13.8 Å². The van der Waals surface area contributed by atoms with E-state index in [0.29, 0.717) is 0 Å². The van der Waals surface area contributed by atoms with Crippen molar-refractivity contribution in [2.75, 3.05) is 20.9 Å². The molecule has 0 bridgehead atoms. The molecule has 0 aliphatic carbocycles. The van der Waals surface area contributed by atoms with Gasteiger partial charge in [0.15, 0.2) is 0 Å². The van der Waals surface area contributed by atoms with Crippen LogP contribution >= 0.6 is 0 Å². The van der Waals surface area contributed by atoms with Crippen LogP contribution in [0.5, 0.6) is 5.75 Å². The van der Waals surface area contributed by atoms with E-state index in [1.807, 2.05) is 24.1 Å². The summed E-state index contributed by atoms with van der Waals surface area (Å²) in [5.74, 6) is 0.873. The monoisotopic (exact) mass is 231 g/mol. The van der Waals surface area contributed by atoms with Crippen LogP contribution in [0.2, 0.25) is 0 Å². The van der Waals surface area contributed by atoms with Crippen molar-refractivity contribution in [1.82, 2.24) is 4.90 Å². The Morgan fingerprint density at radius 1 is 1.12 bits per heavy atom. The highest BCUT2D eigenvalue weighted by atomic mass is 16.5. The molecule has 0 aliphatic rings. The molecule has 3 heteroatoms. The van der Waals surface area contributed by atoms with Gasteiger partial charge in [-0.05, 0) is 41.6 Å². The molecule has 0 atom stereocenters. The number of hydrogen-bond acceptors (Lipinski definition) is 3. The van der Waals surface area contributed by atoms with Crippen LogP contribution in [0, 0.1) is 0 Å². The molecule has 3 nitrogen and oxygen atoms in total. The van der Waals surface area contributed by atoms with E-state index >= 15 is 0 Å². The molecule has 0 spiro atoms. The minimum atomic E-state index is 0.0701. The van der Waals surface area contributed by atoms with Crippen LogP contribution < -0.4 is 4.74 Å². The highest BCUT2D eigenvalue weighted by molar-refractivity contribution is 5.84. The van der Waals surface area contributed by atoms with Crippen molar-refractivity contribution in [2.45, 2.75) is 6.54 Å². The fraction of sp³-hybridized carbons (Fsp3) is 0.286. The van der Waals surface area contributed by atoms with Gasteiger partial charge in [0.25, 0.3) is 0 Å². The van der Waals surface area contributed by atoms with E-state index in [-0.39, 0.29) is 6.73 Å². The topological polar surface area (TPSA) is 32.7 Å². The van der Waals surface area contributed by atoms with Crippen LogP contribution in [-0.2, 0) is 6.54 Å². The number of hydrogen-bond donors (Lipinski definition) is 1. The third kappa shape index (κ3) is 2.75. The maximum Gasteiger partial charge on any atom is 0.119 e. The van der Waals surface area contributed by atoms with Gasteiger partial charge >= 0.3 is 0 Å². The minimum absolute atomic E-state index is 0.0701. The van der Waals surface area contributed by atoms with Gasteiger partial charge in [0.1, 0.15) is 5.75 Å². The van der Waals surface area contributed by atoms with Gasteiger partial charge in [-0.1, -0.05) is 18.2 Å². The fourth-order valence-electron chi connectivity index (χ4n) is 1.86. The van der Waals surface area contributed by atoms with Crippen LogP contribution in [0.1, 0.15) is 5.56 Å². The predicted molar refractivity (Wildman–Crippen MR) is 69.1 cm³/mol. The summed E-state index contributed by atoms with van der Waals surface area (Å²) in [6.07, 6.45) is 0. The van der Waals surface area contributed by atoms with E-state index in [1.165, 1.54) is 16.3 Å². The van der Waals surface area contributed by atoms with Crippen LogP contribution in [0.15, 0.2) is 36.4 Å². The van der Waals surface area contributed by atoms with Crippen LogP contribution in [-0.4, -0.2) is 30.9 Å². The zero-order chi connectivity index (χ0) is 12.3. The Labute approximate surface area is 101 Å². The molecule has 0 aliphatic heterocycles. The first kappa shape index (κ1) is 11.9. The molecule has 17 heavy (non-hydrogen) atoms. The van der Waals surface area contributed by atoms with E-state index in [9.17, 15) is 0 Å². The predicted octanol–water partition coefficient (Wildman–Crippen LogP) is 2.23. The van der Waals surface area contributed by atoms with Crippen molar-refractivity contribution in [1.29, 1.82) is 0 Å². The van der Waals surface area contributed by atoms with Crippen molar-refractivity contribution < 1.29 is 9.84 Å². The van der Waals surface area contributed by atoms with Crippen molar-refractivity contribution >= 4 is 10.8 Å². The third-order valence-electron chi connectivity index (χ3n) is 2.81. The number of rotatable bonds is 4. The number of ether oxygens (including phenoxy) is 1. The number of methoxy groups -OCH3 is 1. The van der Waals surface area contributed by atoms with Gasteiger partial charge < -0.3 is 9.84 Å². The van der Waals surface area contributed by atoms with Gasteiger partial charge in [-0.15, -0.1) is 0 Å². The van der Waals surface area contributed by atoms with Crippen LogP contribution in [0.4, 0.5) is 0 Å². The summed E-state index contributed by atoms with van der Waals surface area (Å²) in [6, 6.07) is 12.3. The lowest BCUT2D eigenvalue weighted by Gasteiger charge is -2.13. The summed E-state index contributed by atoms with van der Waals surface area (Å²) in [7, 11) is 3.56. The average molecular weight is 231 g/mol. The molecule has 0 amide bonds. The summed E-state index contributed by atoms with van der Waals surface area (Å²) < 4.78 is 5.19. The summed E-state index contributed by atoms with van der Waals surface area (Å²) in [4.78, 5) is 1.85. The van der Waals surface area contributed by atoms with Gasteiger partial charge in [-0.3, -0.25) is 4.90 Å².